The summed E-state index contributed by atoms with van der Waals surface area (Å²) < 4.78 is 5.01. The quantitative estimate of drug-likeness (QED) is 0.334. The van der Waals surface area contributed by atoms with Crippen molar-refractivity contribution in [1.82, 2.24) is 0 Å². The predicted octanol–water partition coefficient (Wildman–Crippen LogP) is 0.916. The number of hydrogen-bond acceptors (Lipinski definition) is 1. The first-order valence-electron chi connectivity index (χ1n) is 2.55. The summed E-state index contributed by atoms with van der Waals surface area (Å²) in [5, 5.41) is 0. The minimum absolute atomic E-state index is 0.494. The van der Waals surface area contributed by atoms with E-state index in [9.17, 15) is 0 Å². The molecule has 0 saturated carbocycles. The maximum Gasteiger partial charge on any atom is 0.225 e. The Morgan fingerprint density at radius 3 is 2.86 bits per heavy atom. The van der Waals surface area contributed by atoms with Crippen molar-refractivity contribution in [3.05, 3.63) is 6.61 Å². The van der Waals surface area contributed by atoms with Crippen LogP contribution in [-0.2, 0) is 4.74 Å². The summed E-state index contributed by atoms with van der Waals surface area (Å²) in [5.41, 5.74) is 0.494. The highest BCUT2D eigenvalue weighted by atomic mass is 28.1. The van der Waals surface area contributed by atoms with Gasteiger partial charge < -0.3 is 0 Å². The second-order valence-electron chi connectivity index (χ2n) is 1.76. The number of rotatable bonds is 0. The molecule has 1 fully saturated rings. The molecule has 3 radical (unpaired) electrons. The van der Waals surface area contributed by atoms with Crippen LogP contribution in [0, 0.1) is 6.61 Å². The Kier molecular flexibility index (Phi) is 1.76. The van der Waals surface area contributed by atoms with E-state index in [-0.39, 0.29) is 0 Å². The molecule has 37 valence electrons. The standard InChI is InChI=1S/C5H8OSi/c7-5-2-1-3-6-4-5/h4-5H,1-3H2/q+1/t5-/m0/s1. The monoisotopic (exact) mass is 112 g/mol. The summed E-state index contributed by atoms with van der Waals surface area (Å²) in [5.74, 6) is 0. The van der Waals surface area contributed by atoms with Crippen LogP contribution in [0.4, 0.5) is 0 Å². The van der Waals surface area contributed by atoms with Crippen molar-refractivity contribution < 1.29 is 4.74 Å². The zero-order valence-electron chi connectivity index (χ0n) is 4.18. The van der Waals surface area contributed by atoms with Crippen LogP contribution in [0.2, 0.25) is 5.54 Å². The molecule has 1 nitrogen and oxygen atoms in total. The SMILES string of the molecule is [Si][C@@H]1[CH+]OCCC1. The Hall–Kier alpha value is 0.0469. The first-order chi connectivity index (χ1) is 3.39. The van der Waals surface area contributed by atoms with Gasteiger partial charge in [0.05, 0.1) is 16.8 Å². The predicted molar refractivity (Wildman–Crippen MR) is 29.0 cm³/mol. The Bertz CT molecular complexity index is 50.0. The van der Waals surface area contributed by atoms with Crippen molar-refractivity contribution in [2.75, 3.05) is 6.61 Å². The van der Waals surface area contributed by atoms with Gasteiger partial charge in [0.2, 0.25) is 6.61 Å². The first-order valence-corrected chi connectivity index (χ1v) is 3.13. The molecule has 1 heterocycles. The van der Waals surface area contributed by atoms with Gasteiger partial charge >= 0.3 is 0 Å². The van der Waals surface area contributed by atoms with Crippen LogP contribution < -0.4 is 0 Å². The van der Waals surface area contributed by atoms with E-state index in [2.05, 4.69) is 10.2 Å². The molecule has 0 N–H and O–H groups in total. The van der Waals surface area contributed by atoms with E-state index < -0.39 is 0 Å². The van der Waals surface area contributed by atoms with Crippen LogP contribution in [0.5, 0.6) is 0 Å². The Balaban J connectivity index is 2.12. The van der Waals surface area contributed by atoms with E-state index in [1.165, 1.54) is 12.8 Å². The molecule has 1 atom stereocenters. The Morgan fingerprint density at radius 2 is 2.57 bits per heavy atom. The highest BCUT2D eigenvalue weighted by molar-refractivity contribution is 6.12. The van der Waals surface area contributed by atoms with Crippen LogP contribution in [0.1, 0.15) is 12.8 Å². The molecule has 0 bridgehead atoms. The first kappa shape index (κ1) is 5.19. The van der Waals surface area contributed by atoms with Gasteiger partial charge in [-0.1, -0.05) is 0 Å². The molecule has 0 unspecified atom stereocenters. The molecule has 7 heavy (non-hydrogen) atoms. The zero-order valence-corrected chi connectivity index (χ0v) is 5.18. The van der Waals surface area contributed by atoms with Gasteiger partial charge in [0.1, 0.15) is 5.54 Å². The minimum atomic E-state index is 0.494. The highest BCUT2D eigenvalue weighted by Gasteiger charge is 2.16. The summed E-state index contributed by atoms with van der Waals surface area (Å²) in [6.07, 6.45) is 2.40. The third kappa shape index (κ3) is 1.53. The molecular weight excluding hydrogens is 104 g/mol. The lowest BCUT2D eigenvalue weighted by Gasteiger charge is -2.05. The Labute approximate surface area is 47.5 Å². The van der Waals surface area contributed by atoms with Gasteiger partial charge in [0, 0.05) is 0 Å². The normalized spacial score (nSPS) is 31.9. The topological polar surface area (TPSA) is 9.23 Å². The fourth-order valence-electron chi connectivity index (χ4n) is 0.639. The van der Waals surface area contributed by atoms with E-state index >= 15 is 0 Å². The average molecular weight is 112 g/mol. The van der Waals surface area contributed by atoms with Gasteiger partial charge in [0.25, 0.3) is 0 Å². The lowest BCUT2D eigenvalue weighted by atomic mass is 10.2. The zero-order chi connectivity index (χ0) is 5.11. The van der Waals surface area contributed by atoms with Crippen molar-refractivity contribution in [1.29, 1.82) is 0 Å². The molecule has 1 aliphatic heterocycles. The van der Waals surface area contributed by atoms with E-state index in [4.69, 9.17) is 4.74 Å². The van der Waals surface area contributed by atoms with Gasteiger partial charge in [-0.25, -0.2) is 0 Å². The van der Waals surface area contributed by atoms with Gasteiger partial charge in [0.15, 0.2) is 0 Å². The summed E-state index contributed by atoms with van der Waals surface area (Å²) >= 11 is 0. The average Bonchev–Trinajstić information content (AvgIpc) is 1.69. The molecule has 0 amide bonds. The minimum Gasteiger partial charge on any atom is -0.197 e. The fourth-order valence-corrected chi connectivity index (χ4v) is 0.939. The summed E-state index contributed by atoms with van der Waals surface area (Å²) in [4.78, 5) is 0. The molecule has 1 rings (SSSR count). The smallest absolute Gasteiger partial charge is 0.197 e. The summed E-state index contributed by atoms with van der Waals surface area (Å²) in [6, 6.07) is 0. The van der Waals surface area contributed by atoms with E-state index in [1.807, 2.05) is 6.61 Å². The van der Waals surface area contributed by atoms with Gasteiger partial charge in [-0.3, -0.25) is 0 Å². The molecule has 1 aliphatic rings. The molecule has 2 heteroatoms. The summed E-state index contributed by atoms with van der Waals surface area (Å²) in [7, 11) is 3.45. The summed E-state index contributed by atoms with van der Waals surface area (Å²) in [6.45, 7) is 2.75. The maximum absolute atomic E-state index is 5.01. The maximum atomic E-state index is 5.01. The largest absolute Gasteiger partial charge is 0.225 e. The molecule has 0 aromatic heterocycles. The molecular formula is C5H8OSi+. The van der Waals surface area contributed by atoms with Crippen LogP contribution in [0.3, 0.4) is 0 Å². The highest BCUT2D eigenvalue weighted by Crippen LogP contribution is 2.17. The van der Waals surface area contributed by atoms with Crippen LogP contribution in [0.15, 0.2) is 0 Å². The van der Waals surface area contributed by atoms with E-state index in [0.717, 1.165) is 6.61 Å². The van der Waals surface area contributed by atoms with E-state index in [0.29, 0.717) is 5.54 Å². The van der Waals surface area contributed by atoms with Gasteiger partial charge in [-0.05, 0) is 12.8 Å². The molecule has 0 aromatic carbocycles. The fraction of sp³-hybridized carbons (Fsp3) is 0.800. The van der Waals surface area contributed by atoms with Crippen molar-refractivity contribution in [3.8, 4) is 0 Å². The molecule has 1 saturated heterocycles. The van der Waals surface area contributed by atoms with Crippen LogP contribution >= 0.6 is 0 Å². The van der Waals surface area contributed by atoms with Crippen LogP contribution in [-0.4, -0.2) is 16.8 Å². The van der Waals surface area contributed by atoms with Crippen molar-refractivity contribution in [2.45, 2.75) is 18.4 Å². The molecule has 0 aromatic rings. The molecule has 0 spiro atoms. The second kappa shape index (κ2) is 2.38. The second-order valence-corrected chi connectivity index (χ2v) is 2.50. The molecule has 0 aliphatic carbocycles. The Morgan fingerprint density at radius 1 is 1.71 bits per heavy atom. The van der Waals surface area contributed by atoms with Crippen molar-refractivity contribution >= 4 is 10.2 Å². The lowest BCUT2D eigenvalue weighted by Crippen LogP contribution is -2.06. The number of ether oxygens (including phenoxy) is 1. The third-order valence-corrected chi connectivity index (χ3v) is 1.46. The van der Waals surface area contributed by atoms with Crippen molar-refractivity contribution in [3.63, 3.8) is 0 Å². The van der Waals surface area contributed by atoms with Crippen LogP contribution in [0.25, 0.3) is 0 Å². The van der Waals surface area contributed by atoms with Crippen molar-refractivity contribution in [2.24, 2.45) is 0 Å². The third-order valence-electron chi connectivity index (χ3n) is 1.04. The van der Waals surface area contributed by atoms with Gasteiger partial charge in [-0.2, -0.15) is 4.74 Å². The van der Waals surface area contributed by atoms with Gasteiger partial charge in [-0.15, -0.1) is 0 Å². The lowest BCUT2D eigenvalue weighted by molar-refractivity contribution is 0.156. The number of hydrogen-bond donors (Lipinski definition) is 0. The van der Waals surface area contributed by atoms with E-state index in [1.54, 1.807) is 0 Å².